The first kappa shape index (κ1) is 83.5. The number of carbonyl (C=O) groups is 3. The molecule has 0 heterocycles. The molecule has 0 aliphatic carbocycles. The topological polar surface area (TPSA) is 108 Å². The molecule has 0 aliphatic rings. The van der Waals surface area contributed by atoms with Gasteiger partial charge in [-0.1, -0.05) is 317 Å². The molecule has 0 aromatic carbocycles. The zero-order valence-corrected chi connectivity index (χ0v) is 57.7. The van der Waals surface area contributed by atoms with Crippen LogP contribution < -0.4 is 0 Å². The van der Waals surface area contributed by atoms with Gasteiger partial charge in [-0.25, -0.2) is 4.79 Å². The molecule has 0 saturated heterocycles. The molecule has 0 aromatic heterocycles. The summed E-state index contributed by atoms with van der Waals surface area (Å²) in [6.45, 7) is 4.81. The van der Waals surface area contributed by atoms with E-state index in [0.717, 1.165) is 77.0 Å². The maximum absolute atomic E-state index is 13.0. The van der Waals surface area contributed by atoms with Gasteiger partial charge in [0.15, 0.2) is 6.10 Å². The second kappa shape index (κ2) is 68.4. The molecule has 87 heavy (non-hydrogen) atoms. The van der Waals surface area contributed by atoms with E-state index in [0.29, 0.717) is 17.4 Å². The number of unbranched alkanes of at least 4 members (excludes halogenated alkanes) is 39. The van der Waals surface area contributed by atoms with Gasteiger partial charge in [-0.15, -0.1) is 0 Å². The highest BCUT2D eigenvalue weighted by molar-refractivity contribution is 5.71. The molecule has 0 bridgehead atoms. The van der Waals surface area contributed by atoms with Crippen molar-refractivity contribution in [3.8, 4) is 0 Å². The zero-order valence-electron chi connectivity index (χ0n) is 57.7. The van der Waals surface area contributed by atoms with Crippen LogP contribution in [0.25, 0.3) is 0 Å². The molecule has 0 spiro atoms. The number of carboxylic acid groups (broad SMARTS) is 1. The predicted molar refractivity (Wildman–Crippen MR) is 373 cm³/mol. The van der Waals surface area contributed by atoms with E-state index in [1.54, 1.807) is 0 Å². The zero-order chi connectivity index (χ0) is 63.3. The summed E-state index contributed by atoms with van der Waals surface area (Å²) in [6, 6.07) is 0. The van der Waals surface area contributed by atoms with Gasteiger partial charge in [0.25, 0.3) is 6.29 Å². The SMILES string of the molecule is CC/C=C\C/C=C\C/C=C\C/C=C\C/C=C\C/C=C\CCCCCCCCCCCCCCCCCCC(=O)OC(COC(=O)CCCCCCCCCCCCCCCCC/C=C\CCCCCCCCCC)COC(OCC[N+](C)(C)C)C(=O)O. The highest BCUT2D eigenvalue weighted by atomic mass is 16.7. The molecule has 2 atom stereocenters. The molecule has 0 amide bonds. The third kappa shape index (κ3) is 69.8. The van der Waals surface area contributed by atoms with E-state index in [2.05, 4.69) is 98.9 Å². The van der Waals surface area contributed by atoms with Crippen LogP contribution in [0.3, 0.4) is 0 Å². The summed E-state index contributed by atoms with van der Waals surface area (Å²) in [7, 11) is 5.99. The van der Waals surface area contributed by atoms with Crippen molar-refractivity contribution in [2.24, 2.45) is 0 Å². The standard InChI is InChI=1S/C78H139NO8/c1-6-8-10-12-14-16-18-20-22-24-26-28-30-32-34-35-36-37-38-39-40-41-43-45-47-49-51-53-55-57-59-61-63-65-67-69-76(81)87-74(73-86-78(77(82)83)84-71-70-79(3,4)5)72-85-75(80)68-66-64-62-60-58-56-54-52-50-48-46-44-42-33-31-29-27-25-23-21-19-17-15-13-11-9-7-2/h8,10,14,16,20,22,25-28,32,34,36-37,74,78H,6-7,9,11-13,15,17-19,21,23-24,29-31,33,35,38-73H2,1-5H3/p+1/b10-8-,16-14-,22-20-,27-25-,28-26-,34-32-,37-36-. The normalized spacial score (nSPS) is 13.2. The Labute approximate surface area is 538 Å². The largest absolute Gasteiger partial charge is 0.477 e. The Kier molecular flexibility index (Phi) is 65.6. The van der Waals surface area contributed by atoms with Crippen LogP contribution in [0.15, 0.2) is 85.1 Å². The average molecular weight is 1220 g/mol. The van der Waals surface area contributed by atoms with Crippen LogP contribution in [0.4, 0.5) is 0 Å². The van der Waals surface area contributed by atoms with Gasteiger partial charge in [-0.2, -0.15) is 0 Å². The van der Waals surface area contributed by atoms with E-state index in [4.69, 9.17) is 18.9 Å². The molecule has 504 valence electrons. The number of rotatable bonds is 68. The fourth-order valence-corrected chi connectivity index (χ4v) is 10.5. The van der Waals surface area contributed by atoms with Crippen molar-refractivity contribution in [1.29, 1.82) is 0 Å². The number of likely N-dealkylation sites (N-methyl/N-ethyl adjacent to an activating group) is 1. The van der Waals surface area contributed by atoms with Crippen LogP contribution in [0.1, 0.15) is 335 Å². The predicted octanol–water partition coefficient (Wildman–Crippen LogP) is 23.0. The molecular weight excluding hydrogens is 1080 g/mol. The molecule has 0 fully saturated rings. The highest BCUT2D eigenvalue weighted by Gasteiger charge is 2.25. The van der Waals surface area contributed by atoms with Gasteiger partial charge in [-0.05, 0) is 89.9 Å². The van der Waals surface area contributed by atoms with E-state index >= 15 is 0 Å². The van der Waals surface area contributed by atoms with Crippen LogP contribution in [-0.2, 0) is 33.3 Å². The third-order valence-corrected chi connectivity index (χ3v) is 16.1. The van der Waals surface area contributed by atoms with Crippen molar-refractivity contribution in [1.82, 2.24) is 0 Å². The number of hydrogen-bond donors (Lipinski definition) is 1. The van der Waals surface area contributed by atoms with Crippen molar-refractivity contribution in [3.63, 3.8) is 0 Å². The molecule has 0 saturated carbocycles. The maximum atomic E-state index is 13.0. The van der Waals surface area contributed by atoms with E-state index in [1.165, 1.54) is 231 Å². The van der Waals surface area contributed by atoms with E-state index in [1.807, 2.05) is 21.1 Å². The minimum atomic E-state index is -1.51. The summed E-state index contributed by atoms with van der Waals surface area (Å²) in [5.74, 6) is -1.99. The summed E-state index contributed by atoms with van der Waals surface area (Å²) >= 11 is 0. The van der Waals surface area contributed by atoms with Crippen LogP contribution in [0, 0.1) is 0 Å². The first-order valence-electron chi connectivity index (χ1n) is 36.8. The van der Waals surface area contributed by atoms with Crippen molar-refractivity contribution < 1.29 is 42.9 Å². The van der Waals surface area contributed by atoms with Gasteiger partial charge in [0.2, 0.25) is 0 Å². The van der Waals surface area contributed by atoms with Gasteiger partial charge < -0.3 is 28.5 Å². The smallest absolute Gasteiger partial charge is 0.361 e. The lowest BCUT2D eigenvalue weighted by Crippen LogP contribution is -2.40. The monoisotopic (exact) mass is 1220 g/mol. The van der Waals surface area contributed by atoms with Gasteiger partial charge in [0, 0.05) is 12.8 Å². The van der Waals surface area contributed by atoms with Gasteiger partial charge in [0.05, 0.1) is 34.4 Å². The Balaban J connectivity index is 4.07. The number of allylic oxidation sites excluding steroid dienone is 14. The number of aliphatic carboxylic acids is 1. The number of carbonyl (C=O) groups excluding carboxylic acids is 2. The van der Waals surface area contributed by atoms with Crippen LogP contribution in [0.2, 0.25) is 0 Å². The molecule has 0 rings (SSSR count). The van der Waals surface area contributed by atoms with Crippen molar-refractivity contribution in [2.75, 3.05) is 47.5 Å². The molecule has 9 heteroatoms. The van der Waals surface area contributed by atoms with Crippen molar-refractivity contribution in [2.45, 2.75) is 347 Å². The minimum Gasteiger partial charge on any atom is -0.477 e. The first-order valence-corrected chi connectivity index (χ1v) is 36.8. The molecule has 0 aliphatic heterocycles. The third-order valence-electron chi connectivity index (χ3n) is 16.1. The van der Waals surface area contributed by atoms with Gasteiger partial charge in [-0.3, -0.25) is 9.59 Å². The molecule has 2 unspecified atom stereocenters. The Morgan fingerprint density at radius 3 is 0.989 bits per heavy atom. The van der Waals surface area contributed by atoms with E-state index in [9.17, 15) is 19.5 Å². The fourth-order valence-electron chi connectivity index (χ4n) is 10.5. The van der Waals surface area contributed by atoms with Crippen LogP contribution in [0.5, 0.6) is 0 Å². The quantitative estimate of drug-likeness (QED) is 0.0211. The summed E-state index contributed by atoms with van der Waals surface area (Å²) in [5, 5.41) is 9.76. The van der Waals surface area contributed by atoms with E-state index < -0.39 is 24.3 Å². The summed E-state index contributed by atoms with van der Waals surface area (Å²) in [5.41, 5.74) is 0. The lowest BCUT2D eigenvalue weighted by Gasteiger charge is -2.25. The second-order valence-corrected chi connectivity index (χ2v) is 25.9. The second-order valence-electron chi connectivity index (χ2n) is 25.9. The maximum Gasteiger partial charge on any atom is 0.361 e. The minimum absolute atomic E-state index is 0.181. The van der Waals surface area contributed by atoms with Gasteiger partial charge >= 0.3 is 17.9 Å². The van der Waals surface area contributed by atoms with Crippen molar-refractivity contribution >= 4 is 17.9 Å². The fraction of sp³-hybridized carbons (Fsp3) is 0.782. The summed E-state index contributed by atoms with van der Waals surface area (Å²) < 4.78 is 23.0. The Hall–Kier alpha value is -3.53. The Bertz CT molecular complexity index is 1700. The number of esters is 2. The highest BCUT2D eigenvalue weighted by Crippen LogP contribution is 2.18. The molecular formula is C78H140NO8+. The molecule has 0 radical (unpaired) electrons. The Morgan fingerprint density at radius 1 is 0.356 bits per heavy atom. The number of carboxylic acids is 1. The molecule has 1 N–H and O–H groups in total. The first-order chi connectivity index (χ1) is 42.6. The van der Waals surface area contributed by atoms with Crippen LogP contribution >= 0.6 is 0 Å². The molecule has 9 nitrogen and oxygen atoms in total. The van der Waals surface area contributed by atoms with E-state index in [-0.39, 0.29) is 32.2 Å². The van der Waals surface area contributed by atoms with Crippen LogP contribution in [-0.4, -0.2) is 87.4 Å². The van der Waals surface area contributed by atoms with Gasteiger partial charge in [0.1, 0.15) is 13.2 Å². The number of hydrogen-bond acceptors (Lipinski definition) is 7. The number of quaternary nitrogens is 1. The average Bonchev–Trinajstić information content (AvgIpc) is 3.56. The summed E-state index contributed by atoms with van der Waals surface area (Å²) in [6.07, 6.45) is 89.9. The summed E-state index contributed by atoms with van der Waals surface area (Å²) in [4.78, 5) is 37.7. The Morgan fingerprint density at radius 2 is 0.655 bits per heavy atom. The lowest BCUT2D eigenvalue weighted by atomic mass is 10.0. The van der Waals surface area contributed by atoms with Crippen molar-refractivity contribution in [3.05, 3.63) is 85.1 Å². The number of nitrogens with zero attached hydrogens (tertiary/aromatic N) is 1. The number of ether oxygens (including phenoxy) is 4. The lowest BCUT2D eigenvalue weighted by molar-refractivity contribution is -0.870. The molecule has 0 aromatic rings.